The molecule has 17 heteroatoms. The van der Waals surface area contributed by atoms with E-state index in [0.717, 1.165) is 6.92 Å². The molecule has 0 aromatic heterocycles. The normalized spacial score (nSPS) is 14.8. The number of rotatable bonds is 17. The first-order valence-electron chi connectivity index (χ1n) is 10.7. The summed E-state index contributed by atoms with van der Waals surface area (Å²) >= 11 is 0. The molecule has 5 unspecified atom stereocenters. The molecule has 0 aromatic carbocycles. The van der Waals surface area contributed by atoms with E-state index in [4.69, 9.17) is 32.5 Å². The van der Waals surface area contributed by atoms with Gasteiger partial charge < -0.3 is 53.6 Å². The van der Waals surface area contributed by atoms with Crippen LogP contribution in [-0.4, -0.2) is 98.8 Å². The lowest BCUT2D eigenvalue weighted by molar-refractivity contribution is -0.146. The first-order chi connectivity index (χ1) is 16.6. The van der Waals surface area contributed by atoms with Gasteiger partial charge >= 0.3 is 17.9 Å². The molecule has 3 amide bonds. The van der Waals surface area contributed by atoms with Gasteiger partial charge in [0, 0.05) is 13.0 Å². The number of aliphatic hydroxyl groups is 1. The Bertz CT molecular complexity index is 844. The van der Waals surface area contributed by atoms with Gasteiger partial charge in [0.25, 0.3) is 0 Å². The van der Waals surface area contributed by atoms with E-state index >= 15 is 0 Å². The third-order valence-corrected chi connectivity index (χ3v) is 4.64. The lowest BCUT2D eigenvalue weighted by atomic mass is 10.1. The highest BCUT2D eigenvalue weighted by molar-refractivity contribution is 5.95. The predicted molar refractivity (Wildman–Crippen MR) is 122 cm³/mol. The van der Waals surface area contributed by atoms with E-state index in [9.17, 15) is 33.9 Å². The van der Waals surface area contributed by atoms with Crippen LogP contribution in [0.4, 0.5) is 0 Å². The lowest BCUT2D eigenvalue weighted by Gasteiger charge is -2.25. The Morgan fingerprint density at radius 2 is 1.39 bits per heavy atom. The van der Waals surface area contributed by atoms with Crippen molar-refractivity contribution in [3.63, 3.8) is 0 Å². The Hall–Kier alpha value is -3.99. The molecule has 0 heterocycles. The number of aliphatic imine (C=N–C) groups is 1. The topological polar surface area (TPSA) is 310 Å². The van der Waals surface area contributed by atoms with Crippen molar-refractivity contribution in [2.24, 2.45) is 22.2 Å². The van der Waals surface area contributed by atoms with Gasteiger partial charge in [-0.2, -0.15) is 0 Å². The molecule has 204 valence electrons. The summed E-state index contributed by atoms with van der Waals surface area (Å²) in [6, 6.07) is -6.26. The molecule has 13 N–H and O–H groups in total. The average molecular weight is 520 g/mol. The van der Waals surface area contributed by atoms with Crippen LogP contribution in [0.15, 0.2) is 4.99 Å². The second kappa shape index (κ2) is 15.8. The third-order valence-electron chi connectivity index (χ3n) is 4.64. The van der Waals surface area contributed by atoms with Crippen LogP contribution in [0.1, 0.15) is 39.0 Å². The van der Waals surface area contributed by atoms with Gasteiger partial charge in [-0.15, -0.1) is 0 Å². The van der Waals surface area contributed by atoms with Crippen molar-refractivity contribution in [1.82, 2.24) is 16.0 Å². The van der Waals surface area contributed by atoms with Gasteiger partial charge in [0.1, 0.15) is 12.1 Å². The van der Waals surface area contributed by atoms with Crippen molar-refractivity contribution in [3.05, 3.63) is 0 Å². The SMILES string of the molecule is CC(O)C(NC(=O)C(CC(=O)O)NC(=O)C(CCC(=O)O)NC(=O)C(N)CCCN=C(N)N)C(=O)O. The van der Waals surface area contributed by atoms with Crippen LogP contribution in [0.25, 0.3) is 0 Å². The van der Waals surface area contributed by atoms with Crippen molar-refractivity contribution in [2.45, 2.75) is 69.3 Å². The zero-order chi connectivity index (χ0) is 28.0. The number of aliphatic hydroxyl groups excluding tert-OH is 1. The molecule has 0 aliphatic rings. The molecule has 0 saturated heterocycles. The molecule has 5 atom stereocenters. The highest BCUT2D eigenvalue weighted by atomic mass is 16.4. The zero-order valence-corrected chi connectivity index (χ0v) is 19.5. The lowest BCUT2D eigenvalue weighted by Crippen LogP contribution is -2.58. The molecule has 0 aliphatic carbocycles. The number of carbonyl (C=O) groups is 6. The van der Waals surface area contributed by atoms with Gasteiger partial charge in [0.15, 0.2) is 12.0 Å². The number of nitrogens with zero attached hydrogens (tertiary/aromatic N) is 1. The number of carboxylic acids is 3. The standard InChI is InChI=1S/C19H33N7O10/c1-8(27)14(18(35)36)26-17(34)11(7-13(30)31)25-16(33)10(4-5-12(28)29)24-15(32)9(20)3-2-6-23-19(21)22/h8-11,14,27H,2-7,20H2,1H3,(H,24,32)(H,25,33)(H,26,34)(H,28,29)(H,30,31)(H,35,36)(H4,21,22,23). The fourth-order valence-electron chi connectivity index (χ4n) is 2.76. The van der Waals surface area contributed by atoms with Crippen molar-refractivity contribution in [2.75, 3.05) is 6.54 Å². The van der Waals surface area contributed by atoms with Gasteiger partial charge in [-0.25, -0.2) is 4.79 Å². The fourth-order valence-corrected chi connectivity index (χ4v) is 2.76. The second-order valence-electron chi connectivity index (χ2n) is 7.77. The Morgan fingerprint density at radius 3 is 1.86 bits per heavy atom. The van der Waals surface area contributed by atoms with E-state index in [0.29, 0.717) is 6.42 Å². The molecule has 0 radical (unpaired) electrons. The van der Waals surface area contributed by atoms with E-state index in [1.165, 1.54) is 0 Å². The molecule has 0 aliphatic heterocycles. The number of carboxylic acid groups (broad SMARTS) is 3. The van der Waals surface area contributed by atoms with E-state index in [1.54, 1.807) is 0 Å². The Morgan fingerprint density at radius 1 is 0.833 bits per heavy atom. The molecular weight excluding hydrogens is 486 g/mol. The van der Waals surface area contributed by atoms with Gasteiger partial charge in [-0.1, -0.05) is 0 Å². The number of hydrogen-bond donors (Lipinski definition) is 10. The summed E-state index contributed by atoms with van der Waals surface area (Å²) in [7, 11) is 0. The van der Waals surface area contributed by atoms with Gasteiger partial charge in [0.05, 0.1) is 18.6 Å². The molecular formula is C19H33N7O10. The van der Waals surface area contributed by atoms with Crippen molar-refractivity contribution < 1.29 is 49.2 Å². The number of hydrogen-bond acceptors (Lipinski definition) is 9. The first-order valence-corrected chi connectivity index (χ1v) is 10.7. The smallest absolute Gasteiger partial charge is 0.328 e. The molecule has 0 saturated carbocycles. The predicted octanol–water partition coefficient (Wildman–Crippen LogP) is -4.37. The van der Waals surface area contributed by atoms with Gasteiger partial charge in [-0.05, 0) is 26.2 Å². The minimum Gasteiger partial charge on any atom is -0.481 e. The third kappa shape index (κ3) is 13.0. The maximum atomic E-state index is 12.8. The Balaban J connectivity index is 5.49. The molecule has 0 aromatic rings. The number of guanidine groups is 1. The van der Waals surface area contributed by atoms with E-state index in [2.05, 4.69) is 15.6 Å². The highest BCUT2D eigenvalue weighted by Crippen LogP contribution is 2.04. The first kappa shape index (κ1) is 32.0. The molecule has 36 heavy (non-hydrogen) atoms. The number of nitrogens with two attached hydrogens (primary N) is 3. The second-order valence-corrected chi connectivity index (χ2v) is 7.77. The summed E-state index contributed by atoms with van der Waals surface area (Å²) in [5, 5.41) is 42.9. The van der Waals surface area contributed by atoms with Crippen LogP contribution in [0.2, 0.25) is 0 Å². The van der Waals surface area contributed by atoms with E-state index in [1.807, 2.05) is 5.32 Å². The van der Waals surface area contributed by atoms with Gasteiger partial charge in [-0.3, -0.25) is 29.0 Å². The monoisotopic (exact) mass is 519 g/mol. The van der Waals surface area contributed by atoms with Crippen molar-refractivity contribution in [3.8, 4) is 0 Å². The molecule has 0 bridgehead atoms. The summed E-state index contributed by atoms with van der Waals surface area (Å²) in [6.45, 7) is 1.25. The van der Waals surface area contributed by atoms with Crippen LogP contribution < -0.4 is 33.2 Å². The van der Waals surface area contributed by atoms with E-state index in [-0.39, 0.29) is 18.9 Å². The number of carbonyl (C=O) groups excluding carboxylic acids is 3. The van der Waals surface area contributed by atoms with Crippen LogP contribution in [0, 0.1) is 0 Å². The van der Waals surface area contributed by atoms with Crippen LogP contribution in [-0.2, 0) is 28.8 Å². The van der Waals surface area contributed by atoms with Crippen LogP contribution in [0.5, 0.6) is 0 Å². The average Bonchev–Trinajstić information content (AvgIpc) is 2.75. The van der Waals surface area contributed by atoms with Crippen molar-refractivity contribution in [1.29, 1.82) is 0 Å². The Labute approximate surface area is 205 Å². The largest absolute Gasteiger partial charge is 0.481 e. The van der Waals surface area contributed by atoms with Crippen LogP contribution >= 0.6 is 0 Å². The molecule has 0 fully saturated rings. The number of amides is 3. The van der Waals surface area contributed by atoms with Crippen molar-refractivity contribution >= 4 is 41.6 Å². The summed E-state index contributed by atoms with van der Waals surface area (Å²) in [6.07, 6.45) is -3.11. The quantitative estimate of drug-likeness (QED) is 0.0493. The summed E-state index contributed by atoms with van der Waals surface area (Å²) in [5.41, 5.74) is 16.2. The van der Waals surface area contributed by atoms with Crippen LogP contribution in [0.3, 0.4) is 0 Å². The molecule has 0 rings (SSSR count). The highest BCUT2D eigenvalue weighted by Gasteiger charge is 2.33. The Kier molecular flexibility index (Phi) is 14.1. The van der Waals surface area contributed by atoms with Gasteiger partial charge in [0.2, 0.25) is 17.7 Å². The maximum absolute atomic E-state index is 12.8. The molecule has 17 nitrogen and oxygen atoms in total. The molecule has 0 spiro atoms. The number of nitrogens with one attached hydrogen (secondary N) is 3. The maximum Gasteiger partial charge on any atom is 0.328 e. The minimum atomic E-state index is -1.81. The summed E-state index contributed by atoms with van der Waals surface area (Å²) in [5.74, 6) is -7.77. The minimum absolute atomic E-state index is 0.107. The summed E-state index contributed by atoms with van der Waals surface area (Å²) in [4.78, 5) is 74.7. The fraction of sp³-hybridized carbons (Fsp3) is 0.632. The van der Waals surface area contributed by atoms with E-state index < -0.39 is 85.2 Å². The number of aliphatic carboxylic acids is 3. The zero-order valence-electron chi connectivity index (χ0n) is 19.5. The summed E-state index contributed by atoms with van der Waals surface area (Å²) < 4.78 is 0.